The summed E-state index contributed by atoms with van der Waals surface area (Å²) in [7, 11) is -4.22. The number of carbonyl (C=O) groups is 1. The summed E-state index contributed by atoms with van der Waals surface area (Å²) < 4.78 is 38.5. The average Bonchev–Trinajstić information content (AvgIpc) is 2.88. The maximum absolute atomic E-state index is 13.3. The molecule has 0 fully saturated rings. The number of nitro groups is 1. The molecule has 0 saturated heterocycles. The highest BCUT2D eigenvalue weighted by molar-refractivity contribution is 7.92. The van der Waals surface area contributed by atoms with E-state index >= 15 is 0 Å². The molecular weight excluding hydrogens is 476 g/mol. The summed E-state index contributed by atoms with van der Waals surface area (Å²) in [4.78, 5) is 23.2. The van der Waals surface area contributed by atoms with Crippen LogP contribution in [-0.2, 0) is 14.8 Å². The Labute approximate surface area is 200 Å². The smallest absolute Gasteiger partial charge is 0.271 e. The zero-order chi connectivity index (χ0) is 24.8. The Morgan fingerprint density at radius 2 is 1.80 bits per heavy atom. The van der Waals surface area contributed by atoms with E-state index < -0.39 is 27.4 Å². The molecule has 180 valence electrons. The summed E-state index contributed by atoms with van der Waals surface area (Å²) in [6.45, 7) is 0.135. The number of benzene rings is 3. The van der Waals surface area contributed by atoms with Crippen molar-refractivity contribution in [2.45, 2.75) is 4.90 Å². The van der Waals surface area contributed by atoms with E-state index in [1.54, 1.807) is 24.3 Å². The van der Waals surface area contributed by atoms with Gasteiger partial charge in [-0.3, -0.25) is 19.2 Å². The number of sulfonamides is 1. The first kappa shape index (κ1) is 23.7. The molecule has 0 spiro atoms. The Morgan fingerprint density at radius 3 is 2.57 bits per heavy atom. The third-order valence-electron chi connectivity index (χ3n) is 4.94. The number of carbonyl (C=O) groups excluding carboxylic acids is 1. The number of nitro benzene ring substituents is 1. The lowest BCUT2D eigenvalue weighted by atomic mass is 10.2. The van der Waals surface area contributed by atoms with Crippen molar-refractivity contribution in [1.82, 2.24) is 5.43 Å². The van der Waals surface area contributed by atoms with E-state index in [4.69, 9.17) is 9.47 Å². The van der Waals surface area contributed by atoms with E-state index in [2.05, 4.69) is 10.5 Å². The van der Waals surface area contributed by atoms with Crippen LogP contribution in [0.3, 0.4) is 0 Å². The van der Waals surface area contributed by atoms with Crippen molar-refractivity contribution in [1.29, 1.82) is 0 Å². The van der Waals surface area contributed by atoms with Gasteiger partial charge >= 0.3 is 0 Å². The summed E-state index contributed by atoms with van der Waals surface area (Å²) in [6.07, 6.45) is 1.36. The monoisotopic (exact) mass is 496 g/mol. The maximum Gasteiger partial charge on any atom is 0.271 e. The number of hydrogen-bond acceptors (Lipinski definition) is 8. The van der Waals surface area contributed by atoms with Crippen molar-refractivity contribution in [3.63, 3.8) is 0 Å². The highest BCUT2D eigenvalue weighted by Crippen LogP contribution is 2.32. The fraction of sp³-hybridized carbons (Fsp3) is 0.130. The van der Waals surface area contributed by atoms with Crippen LogP contribution in [0.4, 0.5) is 11.4 Å². The summed E-state index contributed by atoms with van der Waals surface area (Å²) >= 11 is 0. The molecule has 3 aromatic carbocycles. The minimum atomic E-state index is -4.22. The van der Waals surface area contributed by atoms with Gasteiger partial charge in [-0.2, -0.15) is 5.10 Å². The van der Waals surface area contributed by atoms with Crippen LogP contribution in [0.25, 0.3) is 0 Å². The molecule has 0 unspecified atom stereocenters. The molecule has 0 aromatic heterocycles. The standard InChI is InChI=1S/C23H20N4O7S/c28-22(25-24-15-17-6-4-11-21-23(17)34-13-12-33-21)16-26(18-7-5-8-19(14-18)27(29)30)35(31,32)20-9-2-1-3-10-20/h1-11,14-15H,12-13,16H2,(H,25,28)/b24-15-. The largest absolute Gasteiger partial charge is 0.486 e. The number of anilines is 1. The fourth-order valence-corrected chi connectivity index (χ4v) is 4.77. The van der Waals surface area contributed by atoms with Gasteiger partial charge in [-0.1, -0.05) is 30.3 Å². The lowest BCUT2D eigenvalue weighted by molar-refractivity contribution is -0.384. The number of rotatable bonds is 8. The molecule has 4 rings (SSSR count). The first-order valence-electron chi connectivity index (χ1n) is 10.4. The summed E-state index contributed by atoms with van der Waals surface area (Å²) in [5.74, 6) is 0.285. The molecule has 11 nitrogen and oxygen atoms in total. The van der Waals surface area contributed by atoms with Gasteiger partial charge in [-0.15, -0.1) is 0 Å². The van der Waals surface area contributed by atoms with Crippen LogP contribution in [-0.4, -0.2) is 45.2 Å². The van der Waals surface area contributed by atoms with Crippen LogP contribution in [0.1, 0.15) is 5.56 Å². The van der Waals surface area contributed by atoms with E-state index in [9.17, 15) is 23.3 Å². The van der Waals surface area contributed by atoms with Crippen molar-refractivity contribution in [3.8, 4) is 11.5 Å². The number of hydrazone groups is 1. The number of hydrogen-bond donors (Lipinski definition) is 1. The number of non-ortho nitro benzene ring substituents is 1. The van der Waals surface area contributed by atoms with Gasteiger partial charge in [0.2, 0.25) is 0 Å². The first-order valence-corrected chi connectivity index (χ1v) is 11.8. The Balaban J connectivity index is 1.58. The van der Waals surface area contributed by atoms with Crippen LogP contribution in [0, 0.1) is 10.1 Å². The van der Waals surface area contributed by atoms with Gasteiger partial charge in [-0.05, 0) is 30.3 Å². The van der Waals surface area contributed by atoms with Crippen LogP contribution < -0.4 is 19.2 Å². The molecule has 1 aliphatic rings. The van der Waals surface area contributed by atoms with Gasteiger partial charge in [-0.25, -0.2) is 13.8 Å². The maximum atomic E-state index is 13.3. The number of nitrogens with one attached hydrogen (secondary N) is 1. The molecule has 1 amide bonds. The minimum Gasteiger partial charge on any atom is -0.486 e. The third kappa shape index (κ3) is 5.38. The van der Waals surface area contributed by atoms with Gasteiger partial charge < -0.3 is 9.47 Å². The molecule has 3 aromatic rings. The zero-order valence-electron chi connectivity index (χ0n) is 18.2. The van der Waals surface area contributed by atoms with E-state index in [0.29, 0.717) is 30.3 Å². The second-order valence-corrected chi connectivity index (χ2v) is 9.13. The zero-order valence-corrected chi connectivity index (χ0v) is 19.1. The Bertz CT molecular complexity index is 1380. The van der Waals surface area contributed by atoms with Gasteiger partial charge in [0.1, 0.15) is 19.8 Å². The van der Waals surface area contributed by atoms with Crippen LogP contribution >= 0.6 is 0 Å². The molecule has 0 atom stereocenters. The summed E-state index contributed by atoms with van der Waals surface area (Å²) in [6, 6.07) is 17.7. The molecule has 1 N–H and O–H groups in total. The molecule has 1 heterocycles. The van der Waals surface area contributed by atoms with Crippen molar-refractivity contribution >= 4 is 33.5 Å². The quantitative estimate of drug-likeness (QED) is 0.287. The minimum absolute atomic E-state index is 0.0372. The van der Waals surface area contributed by atoms with Crippen molar-refractivity contribution < 1.29 is 27.6 Å². The van der Waals surface area contributed by atoms with Gasteiger partial charge in [0, 0.05) is 17.7 Å². The predicted molar refractivity (Wildman–Crippen MR) is 127 cm³/mol. The number of ether oxygens (including phenoxy) is 2. The Kier molecular flexibility index (Phi) is 6.92. The normalized spacial score (nSPS) is 12.8. The van der Waals surface area contributed by atoms with Crippen molar-refractivity contribution in [2.24, 2.45) is 5.10 Å². The van der Waals surface area contributed by atoms with E-state index in [0.717, 1.165) is 10.4 Å². The third-order valence-corrected chi connectivity index (χ3v) is 6.72. The highest BCUT2D eigenvalue weighted by atomic mass is 32.2. The Hall–Kier alpha value is -4.45. The highest BCUT2D eigenvalue weighted by Gasteiger charge is 2.28. The molecular formula is C23H20N4O7S. The lowest BCUT2D eigenvalue weighted by Crippen LogP contribution is -2.39. The molecule has 0 bridgehead atoms. The van der Waals surface area contributed by atoms with Gasteiger partial charge in [0.05, 0.1) is 21.7 Å². The first-order chi connectivity index (χ1) is 16.9. The number of fused-ring (bicyclic) bond motifs is 1. The lowest BCUT2D eigenvalue weighted by Gasteiger charge is -2.23. The van der Waals surface area contributed by atoms with Crippen LogP contribution in [0.5, 0.6) is 11.5 Å². The number of para-hydroxylation sites is 1. The van der Waals surface area contributed by atoms with Crippen LogP contribution in [0.15, 0.2) is 82.8 Å². The summed E-state index contributed by atoms with van der Waals surface area (Å²) in [5, 5.41) is 15.1. The SMILES string of the molecule is O=C(CN(c1cccc([N+](=O)[O-])c1)S(=O)(=O)c1ccccc1)N/N=C\c1cccc2c1OCCO2. The average molecular weight is 497 g/mol. The number of amides is 1. The molecule has 0 radical (unpaired) electrons. The van der Waals surface area contributed by atoms with Crippen LogP contribution in [0.2, 0.25) is 0 Å². The molecule has 0 saturated carbocycles. The van der Waals surface area contributed by atoms with Crippen molar-refractivity contribution in [3.05, 3.63) is 88.5 Å². The molecule has 12 heteroatoms. The fourth-order valence-electron chi connectivity index (χ4n) is 3.33. The van der Waals surface area contributed by atoms with Crippen molar-refractivity contribution in [2.75, 3.05) is 24.1 Å². The molecule has 35 heavy (non-hydrogen) atoms. The number of nitrogens with zero attached hydrogens (tertiary/aromatic N) is 3. The molecule has 1 aliphatic heterocycles. The predicted octanol–water partition coefficient (Wildman–Crippen LogP) is 2.71. The molecule has 0 aliphatic carbocycles. The van der Waals surface area contributed by atoms with Gasteiger partial charge in [0.15, 0.2) is 11.5 Å². The Morgan fingerprint density at radius 1 is 1.06 bits per heavy atom. The summed E-state index contributed by atoms with van der Waals surface area (Å²) in [5.41, 5.74) is 2.51. The van der Waals surface area contributed by atoms with E-state index in [-0.39, 0.29) is 16.3 Å². The second-order valence-electron chi connectivity index (χ2n) is 7.27. The van der Waals surface area contributed by atoms with Gasteiger partial charge in [0.25, 0.3) is 21.6 Å². The van der Waals surface area contributed by atoms with E-state index in [1.807, 2.05) is 0 Å². The topological polar surface area (TPSA) is 140 Å². The second kappa shape index (κ2) is 10.2. The van der Waals surface area contributed by atoms with E-state index in [1.165, 1.54) is 48.7 Å².